The summed E-state index contributed by atoms with van der Waals surface area (Å²) in [4.78, 5) is 27.2. The highest BCUT2D eigenvalue weighted by molar-refractivity contribution is 7.99. The molecule has 0 saturated carbocycles. The van der Waals surface area contributed by atoms with E-state index in [0.717, 1.165) is 11.1 Å². The van der Waals surface area contributed by atoms with E-state index in [2.05, 4.69) is 5.32 Å². The Kier molecular flexibility index (Phi) is 9.82. The second-order valence-electron chi connectivity index (χ2n) is 7.15. The zero-order chi connectivity index (χ0) is 22.3. The number of nitrogens with one attached hydrogen (secondary N) is 1. The Morgan fingerprint density at radius 3 is 2.17 bits per heavy atom. The number of nitrogens with zero attached hydrogens (tertiary/aromatic N) is 1. The first-order valence-electron chi connectivity index (χ1n) is 9.54. The minimum atomic E-state index is -0.638. The average molecular weight is 488 g/mol. The first-order valence-corrected chi connectivity index (χ1v) is 11.8. The van der Waals surface area contributed by atoms with Crippen LogP contribution in [0.2, 0.25) is 15.1 Å². The van der Waals surface area contributed by atoms with E-state index in [4.69, 9.17) is 34.8 Å². The molecule has 8 heteroatoms. The van der Waals surface area contributed by atoms with Crippen LogP contribution in [-0.2, 0) is 21.9 Å². The van der Waals surface area contributed by atoms with Crippen LogP contribution in [0.15, 0.2) is 42.5 Å². The zero-order valence-corrected chi connectivity index (χ0v) is 20.2. The van der Waals surface area contributed by atoms with Gasteiger partial charge in [0.1, 0.15) is 6.04 Å². The second-order valence-corrected chi connectivity index (χ2v) is 9.35. The third-order valence-electron chi connectivity index (χ3n) is 4.43. The Hall–Kier alpha value is -1.40. The van der Waals surface area contributed by atoms with Crippen LogP contribution >= 0.6 is 46.6 Å². The standard InChI is InChI=1S/C22H25Cl3N2O2S/c1-14(2)26-22(29)15(3)27(11-16-7-4-5-8-18(16)23)21(28)13-30-12-17-19(24)9-6-10-20(17)25/h4-10,14-15H,11-13H2,1-3H3,(H,26,29). The van der Waals surface area contributed by atoms with Crippen molar-refractivity contribution in [3.63, 3.8) is 0 Å². The monoisotopic (exact) mass is 486 g/mol. The van der Waals surface area contributed by atoms with Crippen molar-refractivity contribution in [2.45, 2.75) is 45.2 Å². The summed E-state index contributed by atoms with van der Waals surface area (Å²) in [5.74, 6) is 0.321. The summed E-state index contributed by atoms with van der Waals surface area (Å²) in [6.45, 7) is 5.74. The number of rotatable bonds is 9. The lowest BCUT2D eigenvalue weighted by molar-refractivity contribution is -0.138. The van der Waals surface area contributed by atoms with E-state index in [1.165, 1.54) is 11.8 Å². The van der Waals surface area contributed by atoms with Gasteiger partial charge in [-0.05, 0) is 50.1 Å². The number of thioether (sulfide) groups is 1. The zero-order valence-electron chi connectivity index (χ0n) is 17.1. The minimum Gasteiger partial charge on any atom is -0.352 e. The molecule has 0 heterocycles. The SMILES string of the molecule is CC(C)NC(=O)C(C)N(Cc1ccccc1Cl)C(=O)CSCc1c(Cl)cccc1Cl. The smallest absolute Gasteiger partial charge is 0.242 e. The van der Waals surface area contributed by atoms with Gasteiger partial charge in [0.2, 0.25) is 11.8 Å². The van der Waals surface area contributed by atoms with Crippen LogP contribution < -0.4 is 5.32 Å². The Bertz CT molecular complexity index is 872. The van der Waals surface area contributed by atoms with Crippen molar-refractivity contribution in [3.8, 4) is 0 Å². The molecule has 0 radical (unpaired) electrons. The molecule has 2 amide bonds. The molecule has 0 aliphatic heterocycles. The van der Waals surface area contributed by atoms with Gasteiger partial charge in [-0.3, -0.25) is 9.59 Å². The Morgan fingerprint density at radius 1 is 0.967 bits per heavy atom. The molecule has 2 aromatic rings. The lowest BCUT2D eigenvalue weighted by atomic mass is 10.1. The number of carbonyl (C=O) groups is 2. The Morgan fingerprint density at radius 2 is 1.57 bits per heavy atom. The van der Waals surface area contributed by atoms with Crippen molar-refractivity contribution in [1.29, 1.82) is 0 Å². The molecular weight excluding hydrogens is 463 g/mol. The lowest BCUT2D eigenvalue weighted by Crippen LogP contribution is -2.49. The topological polar surface area (TPSA) is 49.4 Å². The quantitative estimate of drug-likeness (QED) is 0.485. The van der Waals surface area contributed by atoms with E-state index in [1.807, 2.05) is 32.0 Å². The summed E-state index contributed by atoms with van der Waals surface area (Å²) in [5, 5.41) is 4.56. The van der Waals surface area contributed by atoms with Gasteiger partial charge in [-0.1, -0.05) is 59.1 Å². The van der Waals surface area contributed by atoms with Gasteiger partial charge < -0.3 is 10.2 Å². The van der Waals surface area contributed by atoms with E-state index in [1.54, 1.807) is 36.1 Å². The summed E-state index contributed by atoms with van der Waals surface area (Å²) in [6.07, 6.45) is 0. The molecule has 0 aliphatic rings. The highest BCUT2D eigenvalue weighted by Crippen LogP contribution is 2.28. The van der Waals surface area contributed by atoms with Gasteiger partial charge in [-0.2, -0.15) is 0 Å². The molecule has 0 saturated heterocycles. The highest BCUT2D eigenvalue weighted by Gasteiger charge is 2.27. The third kappa shape index (κ3) is 7.09. The molecule has 0 fully saturated rings. The fourth-order valence-corrected chi connectivity index (χ4v) is 4.63. The maximum Gasteiger partial charge on any atom is 0.242 e. The van der Waals surface area contributed by atoms with Gasteiger partial charge in [0.15, 0.2) is 0 Å². The first kappa shape index (κ1) is 24.9. The fourth-order valence-electron chi connectivity index (χ4n) is 2.79. The lowest BCUT2D eigenvalue weighted by Gasteiger charge is -2.29. The summed E-state index contributed by atoms with van der Waals surface area (Å²) in [5.41, 5.74) is 1.58. The van der Waals surface area contributed by atoms with Crippen molar-refractivity contribution in [3.05, 3.63) is 68.7 Å². The van der Waals surface area contributed by atoms with Crippen molar-refractivity contribution >= 4 is 58.4 Å². The van der Waals surface area contributed by atoms with Crippen LogP contribution in [0, 0.1) is 0 Å². The van der Waals surface area contributed by atoms with Gasteiger partial charge >= 0.3 is 0 Å². The Balaban J connectivity index is 2.13. The number of hydrogen-bond donors (Lipinski definition) is 1. The molecule has 2 aromatic carbocycles. The largest absolute Gasteiger partial charge is 0.352 e. The summed E-state index contributed by atoms with van der Waals surface area (Å²) < 4.78 is 0. The molecule has 1 unspecified atom stereocenters. The third-order valence-corrected chi connectivity index (χ3v) is 6.45. The van der Waals surface area contributed by atoms with E-state index in [9.17, 15) is 9.59 Å². The molecule has 1 atom stereocenters. The fraction of sp³-hybridized carbons (Fsp3) is 0.364. The molecule has 2 rings (SSSR count). The molecule has 1 N–H and O–H groups in total. The normalized spacial score (nSPS) is 12.0. The molecule has 0 bridgehead atoms. The van der Waals surface area contributed by atoms with Crippen LogP contribution in [-0.4, -0.2) is 34.6 Å². The maximum absolute atomic E-state index is 13.1. The van der Waals surface area contributed by atoms with Crippen LogP contribution in [0.5, 0.6) is 0 Å². The Labute approximate surface area is 197 Å². The molecule has 4 nitrogen and oxygen atoms in total. The maximum atomic E-state index is 13.1. The van der Waals surface area contributed by atoms with Gasteiger partial charge in [-0.25, -0.2) is 0 Å². The van der Waals surface area contributed by atoms with Gasteiger partial charge in [0.25, 0.3) is 0 Å². The minimum absolute atomic E-state index is 0.0195. The van der Waals surface area contributed by atoms with E-state index < -0.39 is 6.04 Å². The predicted octanol–water partition coefficient (Wildman–Crippen LogP) is 5.82. The van der Waals surface area contributed by atoms with Crippen molar-refractivity contribution < 1.29 is 9.59 Å². The van der Waals surface area contributed by atoms with Gasteiger partial charge in [0.05, 0.1) is 5.75 Å². The number of benzene rings is 2. The summed E-state index contributed by atoms with van der Waals surface area (Å²) >= 11 is 20.1. The van der Waals surface area contributed by atoms with Crippen LogP contribution in [0.3, 0.4) is 0 Å². The van der Waals surface area contributed by atoms with E-state index in [-0.39, 0.29) is 30.2 Å². The van der Waals surface area contributed by atoms with E-state index in [0.29, 0.717) is 20.8 Å². The summed E-state index contributed by atoms with van der Waals surface area (Å²) in [6, 6.07) is 12.0. The second kappa shape index (κ2) is 11.8. The number of carbonyl (C=O) groups excluding carboxylic acids is 2. The van der Waals surface area contributed by atoms with Gasteiger partial charge in [-0.15, -0.1) is 11.8 Å². The van der Waals surface area contributed by atoms with Crippen molar-refractivity contribution in [2.75, 3.05) is 5.75 Å². The van der Waals surface area contributed by atoms with Crippen molar-refractivity contribution in [1.82, 2.24) is 10.2 Å². The molecular formula is C22H25Cl3N2O2S. The number of hydrogen-bond acceptors (Lipinski definition) is 3. The van der Waals surface area contributed by atoms with Gasteiger partial charge in [0, 0.05) is 33.4 Å². The van der Waals surface area contributed by atoms with Crippen LogP contribution in [0.25, 0.3) is 0 Å². The summed E-state index contributed by atoms with van der Waals surface area (Å²) in [7, 11) is 0. The average Bonchev–Trinajstić information content (AvgIpc) is 2.68. The first-order chi connectivity index (χ1) is 14.2. The van der Waals surface area contributed by atoms with Crippen LogP contribution in [0.1, 0.15) is 31.9 Å². The highest BCUT2D eigenvalue weighted by atomic mass is 35.5. The number of amides is 2. The number of halogens is 3. The van der Waals surface area contributed by atoms with E-state index >= 15 is 0 Å². The molecule has 0 aromatic heterocycles. The molecule has 162 valence electrons. The van der Waals surface area contributed by atoms with Crippen molar-refractivity contribution in [2.24, 2.45) is 0 Å². The predicted molar refractivity (Wildman–Crippen MR) is 127 cm³/mol. The van der Waals surface area contributed by atoms with Crippen LogP contribution in [0.4, 0.5) is 0 Å². The molecule has 0 aliphatic carbocycles. The molecule has 0 spiro atoms. The molecule has 30 heavy (non-hydrogen) atoms.